The summed E-state index contributed by atoms with van der Waals surface area (Å²) in [6.07, 6.45) is 21.7. The summed E-state index contributed by atoms with van der Waals surface area (Å²) in [5.41, 5.74) is 0. The molecule has 0 heterocycles. The van der Waals surface area contributed by atoms with Crippen LogP contribution in [0.1, 0.15) is 142 Å². The van der Waals surface area contributed by atoms with Gasteiger partial charge in [-0.1, -0.05) is 117 Å². The summed E-state index contributed by atoms with van der Waals surface area (Å²) in [5, 5.41) is 9.82. The Bertz CT molecular complexity index is 424. The van der Waals surface area contributed by atoms with Crippen LogP contribution in [0.3, 0.4) is 0 Å². The zero-order valence-corrected chi connectivity index (χ0v) is 21.2. The van der Waals surface area contributed by atoms with E-state index in [0.29, 0.717) is 12.8 Å². The third-order valence-electron chi connectivity index (χ3n) is 5.84. The quantitative estimate of drug-likeness (QED) is 0.122. The Morgan fingerprint density at radius 3 is 1.12 bits per heavy atom. The van der Waals surface area contributed by atoms with Crippen LogP contribution < -0.4 is 0 Å². The molecule has 0 saturated carbocycles. The molecule has 0 fully saturated rings. The van der Waals surface area contributed by atoms with E-state index in [1.807, 2.05) is 0 Å². The van der Waals surface area contributed by atoms with E-state index in [1.165, 1.54) is 83.5 Å². The highest BCUT2D eigenvalue weighted by Crippen LogP contribution is 2.13. The van der Waals surface area contributed by atoms with Crippen LogP contribution in [0.15, 0.2) is 0 Å². The second kappa shape index (κ2) is 24.5. The first-order chi connectivity index (χ1) is 15.6. The van der Waals surface area contributed by atoms with Crippen LogP contribution in [0.25, 0.3) is 0 Å². The van der Waals surface area contributed by atoms with Crippen LogP contribution in [-0.4, -0.2) is 36.4 Å². The van der Waals surface area contributed by atoms with E-state index in [9.17, 15) is 14.7 Å². The SMILES string of the molecule is CCCCCCCCCCCCCCCC(=O)OCC(O)COC(=O)CCCCCCC. The molecule has 0 rings (SSSR count). The molecule has 0 amide bonds. The summed E-state index contributed by atoms with van der Waals surface area (Å²) < 4.78 is 10.1. The molecule has 0 aliphatic carbocycles. The largest absolute Gasteiger partial charge is 0.463 e. The summed E-state index contributed by atoms with van der Waals surface area (Å²) in [6, 6.07) is 0. The van der Waals surface area contributed by atoms with Crippen molar-refractivity contribution in [3.63, 3.8) is 0 Å². The lowest BCUT2D eigenvalue weighted by molar-refractivity contribution is -0.152. The number of esters is 2. The number of aliphatic hydroxyl groups excluding tert-OH is 1. The first-order valence-electron chi connectivity index (χ1n) is 13.6. The van der Waals surface area contributed by atoms with E-state index >= 15 is 0 Å². The van der Waals surface area contributed by atoms with Crippen LogP contribution in [0.5, 0.6) is 0 Å². The summed E-state index contributed by atoms with van der Waals surface area (Å²) in [7, 11) is 0. The predicted octanol–water partition coefficient (Wildman–Crippen LogP) is 7.28. The Kier molecular flexibility index (Phi) is 23.7. The minimum Gasteiger partial charge on any atom is -0.463 e. The van der Waals surface area contributed by atoms with Gasteiger partial charge in [0, 0.05) is 12.8 Å². The van der Waals surface area contributed by atoms with E-state index in [2.05, 4.69) is 13.8 Å². The maximum Gasteiger partial charge on any atom is 0.305 e. The van der Waals surface area contributed by atoms with Gasteiger partial charge in [-0.3, -0.25) is 9.59 Å². The topological polar surface area (TPSA) is 72.8 Å². The number of unbranched alkanes of at least 4 members (excludes halogenated alkanes) is 16. The fourth-order valence-electron chi connectivity index (χ4n) is 3.73. The van der Waals surface area contributed by atoms with E-state index in [0.717, 1.165) is 32.1 Å². The Morgan fingerprint density at radius 1 is 0.531 bits per heavy atom. The maximum atomic E-state index is 11.8. The summed E-state index contributed by atoms with van der Waals surface area (Å²) >= 11 is 0. The normalized spacial score (nSPS) is 12.0. The van der Waals surface area contributed by atoms with Gasteiger partial charge in [-0.25, -0.2) is 0 Å². The fraction of sp³-hybridized carbons (Fsp3) is 0.926. The average molecular weight is 457 g/mol. The van der Waals surface area contributed by atoms with E-state index in [1.54, 1.807) is 0 Å². The van der Waals surface area contributed by atoms with E-state index in [4.69, 9.17) is 9.47 Å². The molecule has 0 bridgehead atoms. The lowest BCUT2D eigenvalue weighted by atomic mass is 10.0. The molecule has 0 aliphatic heterocycles. The molecule has 0 saturated heterocycles. The highest BCUT2D eigenvalue weighted by Gasteiger charge is 2.12. The van der Waals surface area contributed by atoms with Crippen LogP contribution in [-0.2, 0) is 19.1 Å². The van der Waals surface area contributed by atoms with Gasteiger partial charge in [0.2, 0.25) is 0 Å². The predicted molar refractivity (Wildman–Crippen MR) is 132 cm³/mol. The lowest BCUT2D eigenvalue weighted by Crippen LogP contribution is -2.25. The first-order valence-corrected chi connectivity index (χ1v) is 13.6. The maximum absolute atomic E-state index is 11.8. The Hall–Kier alpha value is -1.10. The van der Waals surface area contributed by atoms with Crippen LogP contribution in [0, 0.1) is 0 Å². The number of rotatable bonds is 24. The number of hydrogen-bond acceptors (Lipinski definition) is 5. The van der Waals surface area contributed by atoms with Gasteiger partial charge in [0.1, 0.15) is 19.3 Å². The molecule has 1 unspecified atom stereocenters. The Morgan fingerprint density at radius 2 is 0.812 bits per heavy atom. The standard InChI is InChI=1S/C27H52O5/c1-3-5-7-9-10-11-12-13-14-15-16-18-20-22-27(30)32-24-25(28)23-31-26(29)21-19-17-8-6-4-2/h25,28H,3-24H2,1-2H3. The molecule has 5 nitrogen and oxygen atoms in total. The van der Waals surface area contributed by atoms with Gasteiger partial charge < -0.3 is 14.6 Å². The van der Waals surface area contributed by atoms with Crippen LogP contribution in [0.2, 0.25) is 0 Å². The lowest BCUT2D eigenvalue weighted by Gasteiger charge is -2.12. The molecule has 1 N–H and O–H groups in total. The molecule has 190 valence electrons. The molecular formula is C27H52O5. The fourth-order valence-corrected chi connectivity index (χ4v) is 3.73. The third-order valence-corrected chi connectivity index (χ3v) is 5.84. The third kappa shape index (κ3) is 23.6. The van der Waals surface area contributed by atoms with Gasteiger partial charge in [0.15, 0.2) is 0 Å². The highest BCUT2D eigenvalue weighted by atomic mass is 16.6. The number of hydrogen-bond donors (Lipinski definition) is 1. The monoisotopic (exact) mass is 456 g/mol. The van der Waals surface area contributed by atoms with E-state index < -0.39 is 6.10 Å². The van der Waals surface area contributed by atoms with Crippen molar-refractivity contribution in [2.75, 3.05) is 13.2 Å². The molecule has 0 aliphatic rings. The van der Waals surface area contributed by atoms with Crippen molar-refractivity contribution in [3.8, 4) is 0 Å². The van der Waals surface area contributed by atoms with Crippen LogP contribution >= 0.6 is 0 Å². The number of ether oxygens (including phenoxy) is 2. The van der Waals surface area contributed by atoms with Gasteiger partial charge in [0.05, 0.1) is 0 Å². The molecule has 0 aromatic rings. The molecule has 0 spiro atoms. The molecule has 0 aromatic heterocycles. The molecule has 5 heteroatoms. The summed E-state index contributed by atoms with van der Waals surface area (Å²) in [4.78, 5) is 23.4. The highest BCUT2D eigenvalue weighted by molar-refractivity contribution is 5.69. The molecule has 0 radical (unpaired) electrons. The number of carbonyl (C=O) groups is 2. The zero-order chi connectivity index (χ0) is 23.7. The van der Waals surface area contributed by atoms with Gasteiger partial charge in [-0.2, -0.15) is 0 Å². The summed E-state index contributed by atoms with van der Waals surface area (Å²) in [5.74, 6) is -0.576. The van der Waals surface area contributed by atoms with Crippen molar-refractivity contribution in [3.05, 3.63) is 0 Å². The number of aliphatic hydroxyl groups is 1. The summed E-state index contributed by atoms with van der Waals surface area (Å²) in [6.45, 7) is 4.19. The average Bonchev–Trinajstić information content (AvgIpc) is 2.79. The Balaban J connectivity index is 3.40. The minimum absolute atomic E-state index is 0.110. The van der Waals surface area contributed by atoms with Crippen molar-refractivity contribution < 1.29 is 24.2 Å². The van der Waals surface area contributed by atoms with Gasteiger partial charge in [-0.15, -0.1) is 0 Å². The number of carbonyl (C=O) groups excluding carboxylic acids is 2. The Labute approximate surface area is 198 Å². The molecule has 32 heavy (non-hydrogen) atoms. The van der Waals surface area contributed by atoms with Crippen molar-refractivity contribution in [1.82, 2.24) is 0 Å². The van der Waals surface area contributed by atoms with E-state index in [-0.39, 0.29) is 25.2 Å². The van der Waals surface area contributed by atoms with Gasteiger partial charge >= 0.3 is 11.9 Å². The van der Waals surface area contributed by atoms with Crippen molar-refractivity contribution in [2.45, 2.75) is 148 Å². The van der Waals surface area contributed by atoms with Crippen LogP contribution in [0.4, 0.5) is 0 Å². The second-order valence-corrected chi connectivity index (χ2v) is 9.18. The molecular weight excluding hydrogens is 404 g/mol. The van der Waals surface area contributed by atoms with Crippen molar-refractivity contribution in [1.29, 1.82) is 0 Å². The zero-order valence-electron chi connectivity index (χ0n) is 21.2. The van der Waals surface area contributed by atoms with Gasteiger partial charge in [0.25, 0.3) is 0 Å². The van der Waals surface area contributed by atoms with Crippen molar-refractivity contribution in [2.24, 2.45) is 0 Å². The molecule has 0 aromatic carbocycles. The molecule has 1 atom stereocenters. The van der Waals surface area contributed by atoms with Gasteiger partial charge in [-0.05, 0) is 12.8 Å². The second-order valence-electron chi connectivity index (χ2n) is 9.18. The minimum atomic E-state index is -0.949. The van der Waals surface area contributed by atoms with Crippen molar-refractivity contribution >= 4 is 11.9 Å². The first kappa shape index (κ1) is 30.9. The smallest absolute Gasteiger partial charge is 0.305 e.